The molecule has 3 saturated heterocycles. The molecule has 17 nitrogen and oxygen atoms in total. The fourth-order valence-corrected chi connectivity index (χ4v) is 8.76. The molecule has 20 heteroatoms. The third kappa shape index (κ3) is 10.1. The highest BCUT2D eigenvalue weighted by molar-refractivity contribution is 6.34. The van der Waals surface area contributed by atoms with Gasteiger partial charge in [-0.05, 0) is 31.2 Å². The van der Waals surface area contributed by atoms with Crippen molar-refractivity contribution >= 4 is 47.5 Å². The lowest BCUT2D eigenvalue weighted by atomic mass is 9.90. The molecule has 5 heterocycles. The van der Waals surface area contributed by atoms with Crippen LogP contribution in [-0.4, -0.2) is 148 Å². The number of imidazole rings is 1. The highest BCUT2D eigenvalue weighted by Gasteiger charge is 2.42. The van der Waals surface area contributed by atoms with Crippen molar-refractivity contribution in [2.24, 2.45) is 18.9 Å². The minimum Gasteiger partial charge on any atom is -0.554 e. The van der Waals surface area contributed by atoms with E-state index in [1.165, 1.54) is 42.1 Å². The fourth-order valence-electron chi connectivity index (χ4n) is 8.50. The van der Waals surface area contributed by atoms with Crippen LogP contribution in [0.5, 0.6) is 0 Å². The van der Waals surface area contributed by atoms with Gasteiger partial charge in [-0.15, -0.1) is 0 Å². The number of piperazine rings is 1. The number of quaternary nitrogens is 1. The number of ether oxygens (including phenoxy) is 1. The van der Waals surface area contributed by atoms with E-state index in [9.17, 15) is 24.3 Å². The number of likely N-dealkylation sites (tertiary alicyclic amines) is 1. The minimum atomic E-state index is -1.09. The Kier molecular flexibility index (Phi) is 14.7. The van der Waals surface area contributed by atoms with Crippen LogP contribution in [0.1, 0.15) is 39.5 Å². The Hall–Kier alpha value is -5.76. The van der Waals surface area contributed by atoms with Gasteiger partial charge in [0.2, 0.25) is 5.91 Å². The average Bonchev–Trinajstić information content (AvgIpc) is 3.80. The summed E-state index contributed by atoms with van der Waals surface area (Å²) >= 11 is 6.58. The van der Waals surface area contributed by atoms with Crippen molar-refractivity contribution in [2.75, 3.05) is 84.5 Å². The quantitative estimate of drug-likeness (QED) is 0.131. The van der Waals surface area contributed by atoms with E-state index in [0.29, 0.717) is 92.6 Å². The minimum absolute atomic E-state index is 0.0530. The van der Waals surface area contributed by atoms with Crippen LogP contribution in [0, 0.1) is 30.4 Å². The number of benzene rings is 2. The summed E-state index contributed by atoms with van der Waals surface area (Å²) in [4.78, 5) is 68.0. The lowest BCUT2D eigenvalue weighted by Gasteiger charge is -2.46. The number of carboxylic acid groups (broad SMARTS) is 2. The zero-order chi connectivity index (χ0) is 44.7. The number of rotatable bonds is 13. The van der Waals surface area contributed by atoms with E-state index in [0.717, 1.165) is 19.6 Å². The number of aryl methyl sites for hydroxylation is 1. The monoisotopic (exact) mass is 881 g/mol. The molecule has 3 amide bonds. The molecule has 0 saturated carbocycles. The SMILES string of the molecule is COCCn1cc(-c2ccc(-c3cnc(C(=O)Nc4ccc(C(=O)N5CCN(C(=O)C6CC[N+](CC(=O)O)(CC7CNC7)CC6)CC5)c(Cl)c4)n3C)c(F)c2F)c(C)n1.O=C[O-]. The number of aromatic nitrogens is 4. The number of carbonyl (C=O) groups excluding carboxylic acids is 4. The van der Waals surface area contributed by atoms with Crippen molar-refractivity contribution in [3.05, 3.63) is 76.5 Å². The lowest BCUT2D eigenvalue weighted by molar-refractivity contribution is -0.929. The summed E-state index contributed by atoms with van der Waals surface area (Å²) in [5.41, 5.74) is 1.67. The largest absolute Gasteiger partial charge is 0.554 e. The first kappa shape index (κ1) is 45.8. The van der Waals surface area contributed by atoms with Gasteiger partial charge in [0.05, 0.1) is 61.0 Å². The second-order valence-corrected chi connectivity index (χ2v) is 16.3. The first-order valence-corrected chi connectivity index (χ1v) is 20.6. The van der Waals surface area contributed by atoms with E-state index < -0.39 is 30.0 Å². The summed E-state index contributed by atoms with van der Waals surface area (Å²) in [7, 11) is 3.08. The van der Waals surface area contributed by atoms with Gasteiger partial charge in [-0.25, -0.2) is 18.6 Å². The zero-order valence-corrected chi connectivity index (χ0v) is 35.5. The molecule has 4 aromatic rings. The Bertz CT molecular complexity index is 2300. The maximum absolute atomic E-state index is 15.6. The Balaban J connectivity index is 0.00000208. The molecule has 0 spiro atoms. The van der Waals surface area contributed by atoms with E-state index in [1.807, 2.05) is 0 Å². The standard InChI is InChI=1S/C41H48ClF2N9O6.CH2O2/c1-25-32(22-52(48-25)14-17-59-3)29-6-7-31(37(44)36(29)43)34-21-46-38(49(34)2)39(56)47-28-4-5-30(33(42)18-28)41(58)51-12-10-50(11-13-51)40(57)27-8-15-53(16-9-27,24-35(54)55)23-26-19-45-20-26;2-1-3/h4-7,18,21-22,26-27,45H,8-17,19-20,23-24H2,1-3H3,(H-,47,54,55,56,58);1H,(H,2,3). The maximum Gasteiger partial charge on any atom is 0.359 e. The zero-order valence-electron chi connectivity index (χ0n) is 34.7. The smallest absolute Gasteiger partial charge is 0.359 e. The summed E-state index contributed by atoms with van der Waals surface area (Å²) in [6, 6.07) is 7.43. The normalized spacial score (nSPS) is 19.0. The first-order chi connectivity index (χ1) is 29.7. The Morgan fingerprint density at radius 1 is 1.03 bits per heavy atom. The lowest BCUT2D eigenvalue weighted by Crippen LogP contribution is -2.62. The number of hydrogen-bond donors (Lipinski definition) is 3. The molecule has 332 valence electrons. The van der Waals surface area contributed by atoms with Crippen LogP contribution in [0.25, 0.3) is 22.4 Å². The molecular formula is C42H50ClF2N9O8. The van der Waals surface area contributed by atoms with Crippen molar-refractivity contribution in [1.82, 2.24) is 34.4 Å². The summed E-state index contributed by atoms with van der Waals surface area (Å²) < 4.78 is 39.6. The maximum atomic E-state index is 15.6. The number of aliphatic carboxylic acids is 1. The van der Waals surface area contributed by atoms with Gasteiger partial charge in [-0.1, -0.05) is 17.7 Å². The number of piperidine rings is 1. The number of anilines is 1. The molecule has 2 aromatic carbocycles. The van der Waals surface area contributed by atoms with Crippen molar-refractivity contribution < 1.29 is 52.2 Å². The number of halogens is 3. The van der Waals surface area contributed by atoms with Gasteiger partial charge >= 0.3 is 5.97 Å². The summed E-state index contributed by atoms with van der Waals surface area (Å²) in [6.45, 7) is 7.52. The molecule has 2 aromatic heterocycles. The van der Waals surface area contributed by atoms with Crippen molar-refractivity contribution in [3.63, 3.8) is 0 Å². The van der Waals surface area contributed by atoms with Crippen LogP contribution in [0.4, 0.5) is 14.5 Å². The molecule has 7 rings (SSSR count). The van der Waals surface area contributed by atoms with E-state index in [1.54, 1.807) is 40.8 Å². The van der Waals surface area contributed by atoms with E-state index in [4.69, 9.17) is 26.2 Å². The number of methoxy groups -OCH3 is 1. The highest BCUT2D eigenvalue weighted by atomic mass is 35.5. The van der Waals surface area contributed by atoms with Crippen molar-refractivity contribution in [2.45, 2.75) is 26.3 Å². The Morgan fingerprint density at radius 3 is 2.29 bits per heavy atom. The molecule has 0 atom stereocenters. The molecule has 0 unspecified atom stereocenters. The van der Waals surface area contributed by atoms with Gasteiger partial charge in [0.25, 0.3) is 11.8 Å². The van der Waals surface area contributed by atoms with Crippen LogP contribution >= 0.6 is 11.6 Å². The first-order valence-electron chi connectivity index (χ1n) is 20.2. The molecule has 3 N–H and O–H groups in total. The van der Waals surface area contributed by atoms with Crippen LogP contribution in [-0.2, 0) is 32.7 Å². The van der Waals surface area contributed by atoms with Gasteiger partial charge in [0.15, 0.2) is 24.0 Å². The molecule has 0 bridgehead atoms. The second-order valence-electron chi connectivity index (χ2n) is 15.9. The van der Waals surface area contributed by atoms with Crippen LogP contribution in [0.15, 0.2) is 42.7 Å². The third-order valence-electron chi connectivity index (χ3n) is 11.9. The molecule has 62 heavy (non-hydrogen) atoms. The van der Waals surface area contributed by atoms with Gasteiger partial charge < -0.3 is 49.2 Å². The molecule has 3 aliphatic rings. The number of nitrogens with zero attached hydrogens (tertiary/aromatic N) is 7. The predicted octanol–water partition coefficient (Wildman–Crippen LogP) is 2.27. The number of amides is 3. The Morgan fingerprint density at radius 2 is 1.68 bits per heavy atom. The highest BCUT2D eigenvalue weighted by Crippen LogP contribution is 2.34. The second kappa shape index (κ2) is 20.0. The number of hydrogen-bond acceptors (Lipinski definition) is 10. The van der Waals surface area contributed by atoms with Crippen molar-refractivity contribution in [1.29, 1.82) is 0 Å². The van der Waals surface area contributed by atoms with Crippen molar-refractivity contribution in [3.8, 4) is 22.4 Å². The summed E-state index contributed by atoms with van der Waals surface area (Å²) in [5.74, 6) is -3.61. The molecule has 0 radical (unpaired) electrons. The van der Waals surface area contributed by atoms with Gasteiger partial charge in [0, 0.05) is 113 Å². The number of carboxylic acids is 1. The molecular weight excluding hydrogens is 832 g/mol. The molecule has 0 aliphatic carbocycles. The number of carbonyl (C=O) groups is 5. The van der Waals surface area contributed by atoms with Gasteiger partial charge in [-0.2, -0.15) is 5.10 Å². The Labute approximate surface area is 361 Å². The summed E-state index contributed by atoms with van der Waals surface area (Å²) in [5, 5.41) is 28.3. The van der Waals surface area contributed by atoms with Crippen LogP contribution < -0.4 is 15.7 Å². The predicted molar refractivity (Wildman–Crippen MR) is 221 cm³/mol. The topological polar surface area (TPSA) is 204 Å². The fraction of sp³-hybridized carbons (Fsp3) is 0.452. The van der Waals surface area contributed by atoms with Crippen LogP contribution in [0.2, 0.25) is 5.02 Å². The van der Waals surface area contributed by atoms with Gasteiger partial charge in [0.1, 0.15) is 0 Å². The average molecular weight is 882 g/mol. The number of nitrogens with one attached hydrogen (secondary N) is 2. The van der Waals surface area contributed by atoms with E-state index in [2.05, 4.69) is 20.7 Å². The third-order valence-corrected chi connectivity index (χ3v) is 12.2. The molecule has 3 fully saturated rings. The van der Waals surface area contributed by atoms with E-state index >= 15 is 8.78 Å². The van der Waals surface area contributed by atoms with E-state index in [-0.39, 0.29) is 57.5 Å². The molecule has 3 aliphatic heterocycles. The van der Waals surface area contributed by atoms with Gasteiger partial charge in [-0.3, -0.25) is 19.1 Å². The summed E-state index contributed by atoms with van der Waals surface area (Å²) in [6.07, 6.45) is 4.21. The van der Waals surface area contributed by atoms with Crippen LogP contribution in [0.3, 0.4) is 0 Å².